The molecule has 2 aromatic carbocycles. The first kappa shape index (κ1) is 32.2. The van der Waals surface area contributed by atoms with E-state index in [9.17, 15) is 5.26 Å². The summed E-state index contributed by atoms with van der Waals surface area (Å²) in [5.41, 5.74) is 3.89. The molecule has 0 bridgehead atoms. The molecule has 0 amide bonds. The molecule has 11 heteroatoms. The predicted octanol–water partition coefficient (Wildman–Crippen LogP) is 4.70. The molecule has 2 heterocycles. The zero-order valence-corrected chi connectivity index (χ0v) is 24.4. The van der Waals surface area contributed by atoms with E-state index in [0.29, 0.717) is 34.6 Å². The Labute approximate surface area is 246 Å². The second-order valence-electron chi connectivity index (χ2n) is 10.0. The summed E-state index contributed by atoms with van der Waals surface area (Å²) in [6.45, 7) is 5.10. The number of ether oxygens (including phenoxy) is 3. The van der Waals surface area contributed by atoms with E-state index < -0.39 is 0 Å². The summed E-state index contributed by atoms with van der Waals surface area (Å²) in [6.07, 6.45) is 9.12. The van der Waals surface area contributed by atoms with Gasteiger partial charge in [0.05, 0.1) is 43.7 Å². The molecule has 1 aromatic heterocycles. The van der Waals surface area contributed by atoms with Crippen molar-refractivity contribution in [3.63, 3.8) is 0 Å². The van der Waals surface area contributed by atoms with E-state index in [1.165, 1.54) is 32.1 Å². The summed E-state index contributed by atoms with van der Waals surface area (Å²) in [6, 6.07) is 14.3. The van der Waals surface area contributed by atoms with Crippen molar-refractivity contribution >= 4 is 39.9 Å². The summed E-state index contributed by atoms with van der Waals surface area (Å²) >= 11 is 1.83. The first-order valence-corrected chi connectivity index (χ1v) is 14.7. The first-order chi connectivity index (χ1) is 19.2. The number of aromatic nitrogens is 1. The van der Waals surface area contributed by atoms with Crippen LogP contribution in [0.2, 0.25) is 0 Å². The molecule has 2 aliphatic rings. The number of rotatable bonds is 11. The molecule has 6 N–H and O–H groups in total. The van der Waals surface area contributed by atoms with Crippen molar-refractivity contribution in [2.45, 2.75) is 43.8 Å². The summed E-state index contributed by atoms with van der Waals surface area (Å²) in [5.74, 6) is 1.27. The maximum atomic E-state index is 9.82. The SMILES string of the molecule is COc1cc2c(Nc3ccc(NSC4CCCCC4)cc3)c(C#N)cnc2cc1OCCCN1CCOCC1.O.O. The quantitative estimate of drug-likeness (QED) is 0.241. The van der Waals surface area contributed by atoms with Crippen LogP contribution in [-0.4, -0.2) is 72.7 Å². The lowest BCUT2D eigenvalue weighted by Gasteiger charge is -2.26. The van der Waals surface area contributed by atoms with E-state index in [0.717, 1.165) is 61.5 Å². The third kappa shape index (κ3) is 8.61. The monoisotopic (exact) mass is 583 g/mol. The van der Waals surface area contributed by atoms with Crippen LogP contribution >= 0.6 is 11.9 Å². The first-order valence-electron chi connectivity index (χ1n) is 13.9. The second-order valence-corrected chi connectivity index (χ2v) is 11.1. The highest BCUT2D eigenvalue weighted by Crippen LogP contribution is 2.37. The van der Waals surface area contributed by atoms with E-state index >= 15 is 0 Å². The molecule has 0 spiro atoms. The largest absolute Gasteiger partial charge is 0.493 e. The Morgan fingerprint density at radius 1 is 1.05 bits per heavy atom. The lowest BCUT2D eigenvalue weighted by molar-refractivity contribution is 0.0357. The lowest BCUT2D eigenvalue weighted by Crippen LogP contribution is -2.37. The van der Waals surface area contributed by atoms with Crippen molar-refractivity contribution in [2.24, 2.45) is 0 Å². The molecule has 3 aromatic rings. The molecular formula is C30H41N5O5S. The number of nitrogens with one attached hydrogen (secondary N) is 2. The zero-order valence-electron chi connectivity index (χ0n) is 23.6. The smallest absolute Gasteiger partial charge is 0.163 e. The van der Waals surface area contributed by atoms with Crippen molar-refractivity contribution in [3.05, 3.63) is 48.2 Å². The van der Waals surface area contributed by atoms with E-state index in [-0.39, 0.29) is 11.0 Å². The molecule has 0 unspecified atom stereocenters. The van der Waals surface area contributed by atoms with Gasteiger partial charge in [-0.2, -0.15) is 5.26 Å². The van der Waals surface area contributed by atoms with Gasteiger partial charge in [0.1, 0.15) is 6.07 Å². The highest BCUT2D eigenvalue weighted by atomic mass is 32.2. The van der Waals surface area contributed by atoms with Crippen LogP contribution in [0.5, 0.6) is 11.5 Å². The van der Waals surface area contributed by atoms with Gasteiger partial charge in [-0.05, 0) is 61.5 Å². The fraction of sp³-hybridized carbons (Fsp3) is 0.467. The highest BCUT2D eigenvalue weighted by molar-refractivity contribution is 8.01. The van der Waals surface area contributed by atoms with Crippen LogP contribution in [0.25, 0.3) is 10.9 Å². The standard InChI is InChI=1S/C30H37N5O3S.2H2O/c1-36-28-18-26-27(19-29(28)38-15-5-12-35-13-16-37-17-14-35)32-21-22(20-31)30(26)33-23-8-10-24(11-9-23)34-39-25-6-3-2-4-7-25;;/h8-11,18-19,21,25,34H,2-7,12-17H2,1H3,(H,32,33);2*1H2. The number of hydrogen-bond acceptors (Lipinski definition) is 9. The topological polar surface area (TPSA) is 155 Å². The van der Waals surface area contributed by atoms with Gasteiger partial charge >= 0.3 is 0 Å². The predicted molar refractivity (Wildman–Crippen MR) is 165 cm³/mol. The Morgan fingerprint density at radius 2 is 1.78 bits per heavy atom. The van der Waals surface area contributed by atoms with Gasteiger partial charge < -0.3 is 35.2 Å². The number of anilines is 3. The number of nitrogens with zero attached hydrogens (tertiary/aromatic N) is 3. The summed E-state index contributed by atoms with van der Waals surface area (Å²) < 4.78 is 20.7. The Morgan fingerprint density at radius 3 is 2.49 bits per heavy atom. The molecule has 1 saturated heterocycles. The third-order valence-electron chi connectivity index (χ3n) is 7.30. The molecule has 1 saturated carbocycles. The van der Waals surface area contributed by atoms with E-state index in [1.807, 2.05) is 36.2 Å². The fourth-order valence-corrected chi connectivity index (χ4v) is 6.09. The molecule has 0 atom stereocenters. The molecule has 1 aliphatic carbocycles. The summed E-state index contributed by atoms with van der Waals surface area (Å²) in [7, 11) is 1.63. The second kappa shape index (κ2) is 16.2. The average Bonchev–Trinajstić information content (AvgIpc) is 2.99. The Kier molecular flexibility index (Phi) is 12.8. The maximum absolute atomic E-state index is 9.82. The number of fused-ring (bicyclic) bond motifs is 1. The molecule has 10 nitrogen and oxygen atoms in total. The Balaban J connectivity index is 0.00000231. The average molecular weight is 584 g/mol. The van der Waals surface area contributed by atoms with Gasteiger partial charge in [-0.3, -0.25) is 9.88 Å². The lowest BCUT2D eigenvalue weighted by atomic mass is 10.0. The van der Waals surface area contributed by atoms with Crippen LogP contribution in [0.15, 0.2) is 42.6 Å². The fourth-order valence-electron chi connectivity index (χ4n) is 5.09. The van der Waals surface area contributed by atoms with Crippen LogP contribution in [0, 0.1) is 11.3 Å². The van der Waals surface area contributed by atoms with Crippen molar-refractivity contribution < 1.29 is 25.2 Å². The van der Waals surface area contributed by atoms with Crippen LogP contribution in [0.3, 0.4) is 0 Å². The van der Waals surface area contributed by atoms with Crippen LogP contribution in [0.1, 0.15) is 44.1 Å². The molecular weight excluding hydrogens is 542 g/mol. The normalized spacial score (nSPS) is 15.7. The van der Waals surface area contributed by atoms with E-state index in [1.54, 1.807) is 13.3 Å². The van der Waals surface area contributed by atoms with Crippen molar-refractivity contribution in [2.75, 3.05) is 56.6 Å². The minimum absolute atomic E-state index is 0. The molecule has 222 valence electrons. The number of pyridine rings is 1. The summed E-state index contributed by atoms with van der Waals surface area (Å²) in [5, 5.41) is 14.8. The number of hydrogen-bond donors (Lipinski definition) is 2. The zero-order chi connectivity index (χ0) is 26.9. The Hall–Kier alpha value is -3.27. The van der Waals surface area contributed by atoms with Gasteiger partial charge in [-0.15, -0.1) is 0 Å². The summed E-state index contributed by atoms with van der Waals surface area (Å²) in [4.78, 5) is 6.94. The molecule has 1 aliphatic heterocycles. The van der Waals surface area contributed by atoms with Gasteiger partial charge in [0.25, 0.3) is 0 Å². The van der Waals surface area contributed by atoms with Gasteiger partial charge in [-0.25, -0.2) is 0 Å². The van der Waals surface area contributed by atoms with Gasteiger partial charge in [0.15, 0.2) is 11.5 Å². The molecule has 0 radical (unpaired) electrons. The van der Waals surface area contributed by atoms with Crippen LogP contribution in [0.4, 0.5) is 17.1 Å². The molecule has 5 rings (SSSR count). The van der Waals surface area contributed by atoms with E-state index in [4.69, 9.17) is 14.2 Å². The van der Waals surface area contributed by atoms with Crippen molar-refractivity contribution in [1.82, 2.24) is 9.88 Å². The van der Waals surface area contributed by atoms with Gasteiger partial charge in [0, 0.05) is 53.9 Å². The minimum Gasteiger partial charge on any atom is -0.493 e. The van der Waals surface area contributed by atoms with E-state index in [2.05, 4.69) is 38.1 Å². The maximum Gasteiger partial charge on any atom is 0.163 e. The number of benzene rings is 2. The van der Waals surface area contributed by atoms with Crippen molar-refractivity contribution in [1.29, 1.82) is 5.26 Å². The van der Waals surface area contributed by atoms with Gasteiger partial charge in [-0.1, -0.05) is 19.3 Å². The van der Waals surface area contributed by atoms with Crippen LogP contribution in [-0.2, 0) is 4.74 Å². The molecule has 41 heavy (non-hydrogen) atoms. The number of morpholine rings is 1. The van der Waals surface area contributed by atoms with Crippen LogP contribution < -0.4 is 19.5 Å². The van der Waals surface area contributed by atoms with Crippen molar-refractivity contribution in [3.8, 4) is 17.6 Å². The molecule has 2 fully saturated rings. The third-order valence-corrected chi connectivity index (χ3v) is 8.46. The number of methoxy groups -OCH3 is 1. The number of nitriles is 1. The highest BCUT2D eigenvalue weighted by Gasteiger charge is 2.16. The Bertz CT molecular complexity index is 1270. The minimum atomic E-state index is 0. The van der Waals surface area contributed by atoms with Gasteiger partial charge in [0.2, 0.25) is 0 Å².